The number of nitrogens with one attached hydrogen (secondary N) is 1. The van der Waals surface area contributed by atoms with Crippen molar-refractivity contribution in [2.24, 2.45) is 5.41 Å². The molecule has 0 fully saturated rings. The molecule has 2 atom stereocenters. The summed E-state index contributed by atoms with van der Waals surface area (Å²) in [5.74, 6) is -1.28. The molecular weight excluding hydrogens is 484 g/mol. The number of hydrogen-bond donors (Lipinski definition) is 2. The lowest BCUT2D eigenvalue weighted by atomic mass is 9.79. The van der Waals surface area contributed by atoms with E-state index in [2.05, 4.69) is 10.5 Å². The van der Waals surface area contributed by atoms with Crippen LogP contribution in [-0.2, 0) is 16.0 Å². The van der Waals surface area contributed by atoms with Crippen LogP contribution in [0.3, 0.4) is 0 Å². The Morgan fingerprint density at radius 2 is 1.92 bits per heavy atom. The molecule has 1 heterocycles. The van der Waals surface area contributed by atoms with E-state index in [1.807, 2.05) is 55.5 Å². The van der Waals surface area contributed by atoms with Gasteiger partial charge < -0.3 is 24.4 Å². The number of carbonyl (C=O) groups excluding carboxylic acids is 1. The number of nitrogens with zero attached hydrogens (tertiary/aromatic N) is 1. The van der Waals surface area contributed by atoms with Crippen molar-refractivity contribution >= 4 is 23.5 Å². The van der Waals surface area contributed by atoms with E-state index in [0.717, 1.165) is 16.7 Å². The van der Waals surface area contributed by atoms with Gasteiger partial charge in [0.25, 0.3) is 11.8 Å². The van der Waals surface area contributed by atoms with Crippen LogP contribution in [0.25, 0.3) is 11.1 Å². The quantitative estimate of drug-likeness (QED) is 0.299. The van der Waals surface area contributed by atoms with Gasteiger partial charge in [0.1, 0.15) is 0 Å². The predicted octanol–water partition coefficient (Wildman–Crippen LogP) is 5.25. The van der Waals surface area contributed by atoms with E-state index >= 15 is 0 Å². The van der Waals surface area contributed by atoms with Crippen LogP contribution < -0.4 is 10.1 Å². The Bertz CT molecular complexity index is 1160. The zero-order chi connectivity index (χ0) is 26.1. The van der Waals surface area contributed by atoms with Gasteiger partial charge in [-0.25, -0.2) is 0 Å². The van der Waals surface area contributed by atoms with Gasteiger partial charge in [0, 0.05) is 24.3 Å². The lowest BCUT2D eigenvalue weighted by Crippen LogP contribution is -2.43. The fourth-order valence-electron chi connectivity index (χ4n) is 3.96. The maximum atomic E-state index is 12.9. The number of benzene rings is 2. The summed E-state index contributed by atoms with van der Waals surface area (Å²) >= 11 is 6.12. The summed E-state index contributed by atoms with van der Waals surface area (Å²) in [6.07, 6.45) is 0.930. The first-order valence-corrected chi connectivity index (χ1v) is 12.1. The zero-order valence-electron chi connectivity index (χ0n) is 20.6. The second-order valence-electron chi connectivity index (χ2n) is 8.83. The van der Waals surface area contributed by atoms with Gasteiger partial charge in [0.15, 0.2) is 0 Å². The van der Waals surface area contributed by atoms with E-state index in [0.29, 0.717) is 31.1 Å². The Balaban J connectivity index is 1.81. The smallest absolute Gasteiger partial charge is 0.309 e. The van der Waals surface area contributed by atoms with Crippen LogP contribution in [-0.4, -0.2) is 48.5 Å². The molecule has 0 aliphatic rings. The molecule has 9 heteroatoms. The SMILES string of the molecule is CCOCC[C@](C)(C[C@@H](Cc1ccc(-c2cccc(Cl)c2)cc1)NC(=O)c1cc(OC)no1)C(=O)O. The van der Waals surface area contributed by atoms with Gasteiger partial charge in [-0.15, -0.1) is 0 Å². The van der Waals surface area contributed by atoms with Crippen molar-refractivity contribution in [2.45, 2.75) is 39.2 Å². The molecule has 0 unspecified atom stereocenters. The van der Waals surface area contributed by atoms with E-state index < -0.39 is 23.3 Å². The number of halogens is 1. The Morgan fingerprint density at radius 3 is 2.53 bits per heavy atom. The van der Waals surface area contributed by atoms with E-state index in [4.69, 9.17) is 25.6 Å². The Kier molecular flexibility index (Phi) is 9.50. The first kappa shape index (κ1) is 27.2. The summed E-state index contributed by atoms with van der Waals surface area (Å²) in [4.78, 5) is 25.1. The molecule has 192 valence electrons. The van der Waals surface area contributed by atoms with Crippen LogP contribution in [0.15, 0.2) is 59.1 Å². The lowest BCUT2D eigenvalue weighted by molar-refractivity contribution is -0.150. The molecule has 0 spiro atoms. The number of ether oxygens (including phenoxy) is 2. The van der Waals surface area contributed by atoms with Crippen LogP contribution in [0, 0.1) is 5.41 Å². The molecular formula is C27H31ClN2O6. The third-order valence-corrected chi connectivity index (χ3v) is 6.30. The molecule has 1 aromatic heterocycles. The van der Waals surface area contributed by atoms with Gasteiger partial charge in [-0.2, -0.15) is 0 Å². The molecule has 1 amide bonds. The molecule has 0 bridgehead atoms. The van der Waals surface area contributed by atoms with Crippen LogP contribution in [0.5, 0.6) is 5.88 Å². The summed E-state index contributed by atoms with van der Waals surface area (Å²) in [7, 11) is 1.42. The number of carboxylic acid groups (broad SMARTS) is 1. The molecule has 36 heavy (non-hydrogen) atoms. The van der Waals surface area contributed by atoms with E-state index in [-0.39, 0.29) is 18.1 Å². The molecule has 0 radical (unpaired) electrons. The molecule has 8 nitrogen and oxygen atoms in total. The van der Waals surface area contributed by atoms with Crippen LogP contribution in [0.1, 0.15) is 42.8 Å². The minimum Gasteiger partial charge on any atom is -0.481 e. The van der Waals surface area contributed by atoms with Crippen molar-refractivity contribution in [3.8, 4) is 17.0 Å². The molecule has 0 saturated heterocycles. The number of rotatable bonds is 13. The van der Waals surface area contributed by atoms with Gasteiger partial charge in [-0.3, -0.25) is 9.59 Å². The first-order valence-electron chi connectivity index (χ1n) is 11.7. The average Bonchev–Trinajstić information content (AvgIpc) is 3.34. The highest BCUT2D eigenvalue weighted by atomic mass is 35.5. The van der Waals surface area contributed by atoms with E-state index in [1.165, 1.54) is 13.2 Å². The van der Waals surface area contributed by atoms with Crippen molar-refractivity contribution in [3.63, 3.8) is 0 Å². The summed E-state index contributed by atoms with van der Waals surface area (Å²) in [6, 6.07) is 16.4. The minimum absolute atomic E-state index is 0.0144. The molecule has 3 rings (SSSR count). The summed E-state index contributed by atoms with van der Waals surface area (Å²) in [5, 5.41) is 17.2. The van der Waals surface area contributed by atoms with Gasteiger partial charge in [0.2, 0.25) is 5.76 Å². The normalized spacial score (nSPS) is 13.6. The zero-order valence-corrected chi connectivity index (χ0v) is 21.4. The third kappa shape index (κ3) is 7.32. The summed E-state index contributed by atoms with van der Waals surface area (Å²) < 4.78 is 15.5. The van der Waals surface area contributed by atoms with Crippen LogP contribution >= 0.6 is 11.6 Å². The van der Waals surface area contributed by atoms with E-state index in [1.54, 1.807) is 6.92 Å². The third-order valence-electron chi connectivity index (χ3n) is 6.07. The largest absolute Gasteiger partial charge is 0.481 e. The Morgan fingerprint density at radius 1 is 1.17 bits per heavy atom. The highest BCUT2D eigenvalue weighted by Gasteiger charge is 2.36. The van der Waals surface area contributed by atoms with Crippen molar-refractivity contribution in [2.75, 3.05) is 20.3 Å². The molecule has 3 aromatic rings. The lowest BCUT2D eigenvalue weighted by Gasteiger charge is -2.30. The number of carbonyl (C=O) groups is 2. The van der Waals surface area contributed by atoms with Crippen molar-refractivity contribution < 1.29 is 28.7 Å². The van der Waals surface area contributed by atoms with Crippen molar-refractivity contribution in [3.05, 3.63) is 70.9 Å². The highest BCUT2D eigenvalue weighted by Crippen LogP contribution is 2.30. The van der Waals surface area contributed by atoms with Gasteiger partial charge in [-0.05, 0) is 67.1 Å². The second kappa shape index (κ2) is 12.6. The molecule has 2 aromatic carbocycles. The Hall–Kier alpha value is -3.36. The minimum atomic E-state index is -1.10. The topological polar surface area (TPSA) is 111 Å². The fraction of sp³-hybridized carbons (Fsp3) is 0.370. The number of methoxy groups -OCH3 is 1. The van der Waals surface area contributed by atoms with Crippen molar-refractivity contribution in [1.29, 1.82) is 0 Å². The molecule has 2 N–H and O–H groups in total. The molecule has 0 aliphatic carbocycles. The monoisotopic (exact) mass is 514 g/mol. The second-order valence-corrected chi connectivity index (χ2v) is 9.27. The number of aliphatic carboxylic acids is 1. The number of carboxylic acids is 1. The number of hydrogen-bond acceptors (Lipinski definition) is 6. The van der Waals surface area contributed by atoms with Crippen LogP contribution in [0.4, 0.5) is 0 Å². The highest BCUT2D eigenvalue weighted by molar-refractivity contribution is 6.30. The van der Waals surface area contributed by atoms with Gasteiger partial charge in [-0.1, -0.05) is 48.0 Å². The maximum absolute atomic E-state index is 12.9. The summed E-state index contributed by atoms with van der Waals surface area (Å²) in [5.41, 5.74) is 1.83. The Labute approximate surface area is 215 Å². The van der Waals surface area contributed by atoms with Gasteiger partial charge >= 0.3 is 5.97 Å². The van der Waals surface area contributed by atoms with Gasteiger partial charge in [0.05, 0.1) is 18.6 Å². The first-order chi connectivity index (χ1) is 17.2. The number of amides is 1. The molecule has 0 aliphatic heterocycles. The maximum Gasteiger partial charge on any atom is 0.309 e. The number of aromatic nitrogens is 1. The van der Waals surface area contributed by atoms with E-state index in [9.17, 15) is 14.7 Å². The molecule has 0 saturated carbocycles. The standard InChI is InChI=1S/C27H31ClN2O6/c1-4-35-13-12-27(2,26(32)33)17-22(29-25(31)23-16-24(34-3)30-36-23)14-18-8-10-19(11-9-18)20-6-5-7-21(28)15-20/h5-11,15-16,22H,4,12-14,17H2,1-3H3,(H,29,31)(H,32,33)/t22-,27-/m1/s1. The van der Waals surface area contributed by atoms with Crippen molar-refractivity contribution in [1.82, 2.24) is 10.5 Å². The predicted molar refractivity (Wildman–Crippen MR) is 136 cm³/mol. The summed E-state index contributed by atoms with van der Waals surface area (Å²) in [6.45, 7) is 4.35. The fourth-order valence-corrected chi connectivity index (χ4v) is 4.15. The average molecular weight is 515 g/mol. The van der Waals surface area contributed by atoms with Crippen LogP contribution in [0.2, 0.25) is 5.02 Å².